The number of hydrogen-bond donors (Lipinski definition) is 1. The average molecular weight is 296 g/mol. The van der Waals surface area contributed by atoms with Crippen LogP contribution in [0.1, 0.15) is 32.1 Å². The van der Waals surface area contributed by atoms with E-state index in [9.17, 15) is 22.4 Å². The highest BCUT2D eigenvalue weighted by atomic mass is 19.4. The van der Waals surface area contributed by atoms with Crippen LogP contribution in [0.4, 0.5) is 17.6 Å². The smallest absolute Gasteiger partial charge is 0.368 e. The van der Waals surface area contributed by atoms with E-state index in [0.29, 0.717) is 19.4 Å². The van der Waals surface area contributed by atoms with Gasteiger partial charge in [0.15, 0.2) is 0 Å². The molecule has 1 aliphatic carbocycles. The Bertz CT molecular complexity index is 353. The van der Waals surface area contributed by atoms with E-state index in [4.69, 9.17) is 5.73 Å². The first kappa shape index (κ1) is 15.5. The van der Waals surface area contributed by atoms with Crippen molar-refractivity contribution >= 4 is 5.91 Å². The zero-order valence-corrected chi connectivity index (χ0v) is 11.2. The molecule has 7 heteroatoms. The van der Waals surface area contributed by atoms with E-state index >= 15 is 0 Å². The normalized spacial score (nSPS) is 36.2. The third kappa shape index (κ3) is 3.62. The molecular weight excluding hydrogens is 276 g/mol. The van der Waals surface area contributed by atoms with Crippen molar-refractivity contribution in [3.63, 3.8) is 0 Å². The molecule has 2 fully saturated rings. The lowest BCUT2D eigenvalue weighted by Crippen LogP contribution is -2.43. The van der Waals surface area contributed by atoms with Gasteiger partial charge >= 0.3 is 6.18 Å². The van der Waals surface area contributed by atoms with Crippen molar-refractivity contribution in [2.45, 2.75) is 50.5 Å². The van der Waals surface area contributed by atoms with Gasteiger partial charge in [-0.2, -0.15) is 13.2 Å². The minimum Gasteiger partial charge on any atom is -0.368 e. The van der Waals surface area contributed by atoms with Crippen LogP contribution in [0.3, 0.4) is 0 Å². The second kappa shape index (κ2) is 5.87. The summed E-state index contributed by atoms with van der Waals surface area (Å²) < 4.78 is 51.1. The van der Waals surface area contributed by atoms with Crippen LogP contribution in [0.2, 0.25) is 0 Å². The Morgan fingerprint density at radius 3 is 2.30 bits per heavy atom. The Balaban J connectivity index is 1.85. The molecule has 1 heterocycles. The van der Waals surface area contributed by atoms with Crippen LogP contribution in [-0.4, -0.2) is 42.3 Å². The molecule has 0 aromatic heterocycles. The van der Waals surface area contributed by atoms with E-state index in [-0.39, 0.29) is 31.7 Å². The van der Waals surface area contributed by atoms with Gasteiger partial charge in [-0.25, -0.2) is 4.39 Å². The number of rotatable bonds is 3. The molecule has 116 valence electrons. The maximum atomic E-state index is 13.4. The Hall–Kier alpha value is -0.850. The summed E-state index contributed by atoms with van der Waals surface area (Å²) in [6.07, 6.45) is -3.87. The summed E-state index contributed by atoms with van der Waals surface area (Å²) in [6, 6.07) is -0.606. The van der Waals surface area contributed by atoms with Gasteiger partial charge in [0.1, 0.15) is 6.17 Å². The molecule has 0 bridgehead atoms. The van der Waals surface area contributed by atoms with Gasteiger partial charge in [-0.1, -0.05) is 0 Å². The van der Waals surface area contributed by atoms with Crippen LogP contribution in [-0.2, 0) is 4.79 Å². The lowest BCUT2D eigenvalue weighted by molar-refractivity contribution is -0.184. The molecule has 2 N–H and O–H groups in total. The van der Waals surface area contributed by atoms with Crippen molar-refractivity contribution in [2.24, 2.45) is 17.6 Å². The van der Waals surface area contributed by atoms with Gasteiger partial charge in [0.05, 0.1) is 12.0 Å². The molecule has 2 atom stereocenters. The molecule has 3 nitrogen and oxygen atoms in total. The first-order valence-corrected chi connectivity index (χ1v) is 7.01. The zero-order valence-electron chi connectivity index (χ0n) is 11.2. The number of carbonyl (C=O) groups excluding carboxylic acids is 1. The number of nitrogens with two attached hydrogens (primary N) is 1. The largest absolute Gasteiger partial charge is 0.391 e. The Kier molecular flexibility index (Phi) is 4.56. The second-order valence-corrected chi connectivity index (χ2v) is 5.96. The van der Waals surface area contributed by atoms with Crippen molar-refractivity contribution < 1.29 is 22.4 Å². The first-order chi connectivity index (χ1) is 9.27. The first-order valence-electron chi connectivity index (χ1n) is 7.01. The summed E-state index contributed by atoms with van der Waals surface area (Å²) >= 11 is 0. The summed E-state index contributed by atoms with van der Waals surface area (Å²) in [6.45, 7) is 0.630. The van der Waals surface area contributed by atoms with Gasteiger partial charge in [-0.15, -0.1) is 0 Å². The monoisotopic (exact) mass is 296 g/mol. The van der Waals surface area contributed by atoms with Crippen LogP contribution < -0.4 is 5.73 Å². The third-order valence-corrected chi connectivity index (χ3v) is 4.48. The number of hydrogen-bond acceptors (Lipinski definition) is 2. The van der Waals surface area contributed by atoms with Gasteiger partial charge in [-0.05, 0) is 31.6 Å². The fourth-order valence-corrected chi connectivity index (χ4v) is 3.35. The van der Waals surface area contributed by atoms with Crippen LogP contribution in [0.25, 0.3) is 0 Å². The molecule has 1 saturated heterocycles. The van der Waals surface area contributed by atoms with E-state index in [2.05, 4.69) is 0 Å². The number of likely N-dealkylation sites (tertiary alicyclic amines) is 1. The van der Waals surface area contributed by atoms with Crippen LogP contribution in [0.15, 0.2) is 0 Å². The summed E-state index contributed by atoms with van der Waals surface area (Å²) in [7, 11) is 0. The molecule has 1 amide bonds. The highest BCUT2D eigenvalue weighted by Crippen LogP contribution is 2.40. The van der Waals surface area contributed by atoms with Gasteiger partial charge in [0.2, 0.25) is 5.91 Å². The van der Waals surface area contributed by atoms with E-state index in [0.717, 1.165) is 0 Å². The van der Waals surface area contributed by atoms with Gasteiger partial charge < -0.3 is 5.73 Å². The fraction of sp³-hybridized carbons (Fsp3) is 0.923. The van der Waals surface area contributed by atoms with Crippen molar-refractivity contribution in [2.75, 3.05) is 13.1 Å². The van der Waals surface area contributed by atoms with Crippen LogP contribution in [0.5, 0.6) is 0 Å². The third-order valence-electron chi connectivity index (χ3n) is 4.48. The van der Waals surface area contributed by atoms with E-state index in [1.54, 1.807) is 4.90 Å². The summed E-state index contributed by atoms with van der Waals surface area (Å²) in [5.41, 5.74) is 5.24. The standard InChI is InChI=1S/C13H20F4N2O/c14-10-5-11(12(18)20)19(7-10)6-8-1-3-9(4-2-8)13(15,16)17/h8-11H,1-7H2,(H2,18,20)/t8?,9?,10-,11+/m1/s1. The van der Waals surface area contributed by atoms with Gasteiger partial charge in [0.25, 0.3) is 0 Å². The molecule has 2 rings (SSSR count). The Morgan fingerprint density at radius 2 is 1.80 bits per heavy atom. The van der Waals surface area contributed by atoms with Crippen molar-refractivity contribution in [3.05, 3.63) is 0 Å². The maximum Gasteiger partial charge on any atom is 0.391 e. The quantitative estimate of drug-likeness (QED) is 0.812. The topological polar surface area (TPSA) is 46.3 Å². The minimum atomic E-state index is -4.11. The Morgan fingerprint density at radius 1 is 1.20 bits per heavy atom. The van der Waals surface area contributed by atoms with E-state index in [1.165, 1.54) is 0 Å². The minimum absolute atomic E-state index is 0.0979. The van der Waals surface area contributed by atoms with Crippen molar-refractivity contribution in [1.29, 1.82) is 0 Å². The second-order valence-electron chi connectivity index (χ2n) is 5.96. The average Bonchev–Trinajstić information content (AvgIpc) is 2.70. The zero-order chi connectivity index (χ0) is 14.9. The lowest BCUT2D eigenvalue weighted by Gasteiger charge is -2.33. The van der Waals surface area contributed by atoms with E-state index in [1.807, 2.05) is 0 Å². The highest BCUT2D eigenvalue weighted by Gasteiger charge is 2.42. The molecule has 0 radical (unpaired) electrons. The van der Waals surface area contributed by atoms with E-state index < -0.39 is 30.2 Å². The molecule has 20 heavy (non-hydrogen) atoms. The number of amides is 1. The molecule has 1 aliphatic heterocycles. The molecule has 0 unspecified atom stereocenters. The van der Waals surface area contributed by atoms with Crippen LogP contribution in [0, 0.1) is 11.8 Å². The molecule has 2 aliphatic rings. The van der Waals surface area contributed by atoms with Crippen LogP contribution >= 0.6 is 0 Å². The number of carbonyl (C=O) groups is 1. The maximum absolute atomic E-state index is 13.4. The summed E-state index contributed by atoms with van der Waals surface area (Å²) in [4.78, 5) is 12.9. The number of halogens is 4. The van der Waals surface area contributed by atoms with Crippen molar-refractivity contribution in [3.8, 4) is 0 Å². The van der Waals surface area contributed by atoms with Gasteiger partial charge in [-0.3, -0.25) is 9.69 Å². The molecule has 0 aromatic carbocycles. The molecule has 0 aromatic rings. The highest BCUT2D eigenvalue weighted by molar-refractivity contribution is 5.80. The summed E-state index contributed by atoms with van der Waals surface area (Å²) in [5, 5.41) is 0. The molecular formula is C13H20F4N2O. The lowest BCUT2D eigenvalue weighted by atomic mass is 9.81. The predicted molar refractivity (Wildman–Crippen MR) is 65.6 cm³/mol. The van der Waals surface area contributed by atoms with Crippen molar-refractivity contribution in [1.82, 2.24) is 4.90 Å². The summed E-state index contributed by atoms with van der Waals surface area (Å²) in [5.74, 6) is -1.66. The number of alkyl halides is 4. The number of nitrogens with zero attached hydrogens (tertiary/aromatic N) is 1. The molecule has 0 spiro atoms. The molecule has 1 saturated carbocycles. The van der Waals surface area contributed by atoms with Gasteiger partial charge in [0, 0.05) is 19.5 Å². The fourth-order valence-electron chi connectivity index (χ4n) is 3.35. The Labute approximate surface area is 115 Å². The number of primary amides is 1. The SMILES string of the molecule is NC(=O)[C@@H]1C[C@@H](F)CN1CC1CCC(C(F)(F)F)CC1. The predicted octanol–water partition coefficient (Wildman–Crippen LogP) is 2.25.